The van der Waals surface area contributed by atoms with Crippen LogP contribution in [-0.4, -0.2) is 13.6 Å². The van der Waals surface area contributed by atoms with E-state index in [1.165, 1.54) is 18.4 Å². The van der Waals surface area contributed by atoms with E-state index >= 15 is 0 Å². The highest BCUT2D eigenvalue weighted by Crippen LogP contribution is 2.32. The molecule has 0 N–H and O–H groups in total. The average Bonchev–Trinajstić information content (AvgIpc) is 3.00. The van der Waals surface area contributed by atoms with Gasteiger partial charge in [0.15, 0.2) is 0 Å². The van der Waals surface area contributed by atoms with E-state index in [0.717, 1.165) is 23.7 Å². The van der Waals surface area contributed by atoms with Gasteiger partial charge in [-0.2, -0.15) is 5.26 Å². The third-order valence-electron chi connectivity index (χ3n) is 2.97. The summed E-state index contributed by atoms with van der Waals surface area (Å²) in [6.07, 6.45) is 2.69. The lowest BCUT2D eigenvalue weighted by Crippen LogP contribution is -2.21. The molecule has 1 aliphatic carbocycles. The number of anilines is 1. The van der Waals surface area contributed by atoms with Crippen LogP contribution in [0.2, 0.25) is 0 Å². The third kappa shape index (κ3) is 2.12. The van der Waals surface area contributed by atoms with Crippen molar-refractivity contribution in [2.24, 2.45) is 5.92 Å². The first-order valence-corrected chi connectivity index (χ1v) is 5.43. The van der Waals surface area contributed by atoms with Crippen LogP contribution in [0.1, 0.15) is 24.0 Å². The first-order chi connectivity index (χ1) is 7.22. The van der Waals surface area contributed by atoms with Gasteiger partial charge >= 0.3 is 0 Å². The Bertz CT molecular complexity index is 399. The van der Waals surface area contributed by atoms with Crippen molar-refractivity contribution in [1.82, 2.24) is 0 Å². The maximum atomic E-state index is 9.06. The van der Waals surface area contributed by atoms with E-state index in [0.29, 0.717) is 0 Å². The summed E-state index contributed by atoms with van der Waals surface area (Å²) in [5.41, 5.74) is 3.09. The monoisotopic (exact) mass is 200 g/mol. The van der Waals surface area contributed by atoms with Crippen LogP contribution in [0.25, 0.3) is 0 Å². The van der Waals surface area contributed by atoms with Crippen molar-refractivity contribution >= 4 is 5.69 Å². The van der Waals surface area contributed by atoms with Gasteiger partial charge in [-0.15, -0.1) is 0 Å². The normalized spacial score (nSPS) is 14.7. The highest BCUT2D eigenvalue weighted by molar-refractivity contribution is 5.63. The van der Waals surface area contributed by atoms with Gasteiger partial charge in [0.05, 0.1) is 11.3 Å². The quantitative estimate of drug-likeness (QED) is 0.750. The van der Waals surface area contributed by atoms with Crippen LogP contribution in [0.3, 0.4) is 0 Å². The Morgan fingerprint density at radius 2 is 2.20 bits per heavy atom. The zero-order valence-electron chi connectivity index (χ0n) is 9.33. The summed E-state index contributed by atoms with van der Waals surface area (Å²) in [7, 11) is 2.08. The number of hydrogen-bond donors (Lipinski definition) is 0. The number of para-hydroxylation sites is 1. The molecule has 1 aromatic rings. The molecule has 0 radical (unpaired) electrons. The molecule has 0 aromatic heterocycles. The van der Waals surface area contributed by atoms with Crippen LogP contribution in [0.4, 0.5) is 5.69 Å². The van der Waals surface area contributed by atoms with Gasteiger partial charge in [-0.3, -0.25) is 0 Å². The van der Waals surface area contributed by atoms with Crippen molar-refractivity contribution in [1.29, 1.82) is 5.26 Å². The topological polar surface area (TPSA) is 27.0 Å². The fraction of sp³-hybridized carbons (Fsp3) is 0.462. The largest absolute Gasteiger partial charge is 0.373 e. The number of nitrogens with zero attached hydrogens (tertiary/aromatic N) is 2. The molecule has 0 bridgehead atoms. The van der Waals surface area contributed by atoms with Crippen molar-refractivity contribution in [3.8, 4) is 6.07 Å². The Morgan fingerprint density at radius 1 is 1.47 bits per heavy atom. The highest BCUT2D eigenvalue weighted by Gasteiger charge is 2.24. The van der Waals surface area contributed by atoms with Crippen molar-refractivity contribution in [3.63, 3.8) is 0 Å². The summed E-state index contributed by atoms with van der Waals surface area (Å²) < 4.78 is 0. The molecule has 2 rings (SSSR count). The molecule has 1 fully saturated rings. The van der Waals surface area contributed by atoms with Gasteiger partial charge in [0.25, 0.3) is 0 Å². The second-order valence-electron chi connectivity index (χ2n) is 4.41. The van der Waals surface area contributed by atoms with Crippen molar-refractivity contribution in [2.75, 3.05) is 18.5 Å². The van der Waals surface area contributed by atoms with Gasteiger partial charge in [-0.1, -0.05) is 12.1 Å². The fourth-order valence-electron chi connectivity index (χ4n) is 2.03. The summed E-state index contributed by atoms with van der Waals surface area (Å²) >= 11 is 0. The van der Waals surface area contributed by atoms with E-state index < -0.39 is 0 Å². The number of nitriles is 1. The maximum Gasteiger partial charge on any atom is 0.101 e. The molecule has 1 aliphatic rings. The first-order valence-electron chi connectivity index (χ1n) is 5.43. The summed E-state index contributed by atoms with van der Waals surface area (Å²) in [6, 6.07) is 8.18. The molecule has 0 heterocycles. The second kappa shape index (κ2) is 3.94. The van der Waals surface area contributed by atoms with Gasteiger partial charge < -0.3 is 4.90 Å². The standard InChI is InChI=1S/C13H16N2/c1-10-4-3-5-12(8-14)13(10)15(2)9-11-6-7-11/h3-5,11H,6-7,9H2,1-2H3. The van der Waals surface area contributed by atoms with E-state index in [1.807, 2.05) is 12.1 Å². The Morgan fingerprint density at radius 3 is 2.80 bits per heavy atom. The fourth-order valence-corrected chi connectivity index (χ4v) is 2.03. The van der Waals surface area contributed by atoms with E-state index in [9.17, 15) is 0 Å². The number of aryl methyl sites for hydroxylation is 1. The van der Waals surface area contributed by atoms with E-state index in [2.05, 4.69) is 31.0 Å². The minimum absolute atomic E-state index is 0.790. The highest BCUT2D eigenvalue weighted by atomic mass is 15.1. The van der Waals surface area contributed by atoms with Gasteiger partial charge in [-0.05, 0) is 37.3 Å². The van der Waals surface area contributed by atoms with Gasteiger partial charge in [-0.25, -0.2) is 0 Å². The molecule has 2 nitrogen and oxygen atoms in total. The lowest BCUT2D eigenvalue weighted by molar-refractivity contribution is 0.784. The second-order valence-corrected chi connectivity index (χ2v) is 4.41. The Hall–Kier alpha value is -1.49. The summed E-state index contributed by atoms with van der Waals surface area (Å²) in [6.45, 7) is 3.15. The van der Waals surface area contributed by atoms with Crippen LogP contribution in [0.5, 0.6) is 0 Å². The average molecular weight is 200 g/mol. The molecule has 15 heavy (non-hydrogen) atoms. The molecule has 1 saturated carbocycles. The number of rotatable bonds is 3. The minimum atomic E-state index is 0.790. The molecule has 0 spiro atoms. The molecule has 0 unspecified atom stereocenters. The molecular formula is C13H16N2. The third-order valence-corrected chi connectivity index (χ3v) is 2.97. The molecule has 0 atom stereocenters. The van der Waals surface area contributed by atoms with E-state index in [1.54, 1.807) is 0 Å². The first kappa shape index (κ1) is 10.0. The summed E-state index contributed by atoms with van der Waals surface area (Å²) in [4.78, 5) is 2.23. The molecule has 78 valence electrons. The molecule has 1 aromatic carbocycles. The predicted molar refractivity (Wildman–Crippen MR) is 61.9 cm³/mol. The van der Waals surface area contributed by atoms with Crippen molar-refractivity contribution < 1.29 is 0 Å². The Balaban J connectivity index is 2.28. The zero-order valence-corrected chi connectivity index (χ0v) is 9.33. The van der Waals surface area contributed by atoms with Gasteiger partial charge in [0.1, 0.15) is 6.07 Å². The molecule has 0 amide bonds. The lowest BCUT2D eigenvalue weighted by Gasteiger charge is -2.22. The van der Waals surface area contributed by atoms with Crippen LogP contribution in [-0.2, 0) is 0 Å². The Labute approximate surface area is 91.1 Å². The smallest absolute Gasteiger partial charge is 0.101 e. The number of benzene rings is 1. The summed E-state index contributed by atoms with van der Waals surface area (Å²) in [5.74, 6) is 0.848. The maximum absolute atomic E-state index is 9.06. The van der Waals surface area contributed by atoms with Crippen LogP contribution in [0.15, 0.2) is 18.2 Å². The summed E-state index contributed by atoms with van der Waals surface area (Å²) in [5, 5.41) is 9.06. The molecule has 2 heteroatoms. The SMILES string of the molecule is Cc1cccc(C#N)c1N(C)CC1CC1. The lowest BCUT2D eigenvalue weighted by atomic mass is 10.1. The van der Waals surface area contributed by atoms with Gasteiger partial charge in [0, 0.05) is 13.6 Å². The van der Waals surface area contributed by atoms with E-state index in [4.69, 9.17) is 5.26 Å². The van der Waals surface area contributed by atoms with Crippen molar-refractivity contribution in [2.45, 2.75) is 19.8 Å². The predicted octanol–water partition coefficient (Wildman–Crippen LogP) is 2.71. The van der Waals surface area contributed by atoms with Crippen LogP contribution in [0, 0.1) is 24.2 Å². The van der Waals surface area contributed by atoms with Gasteiger partial charge in [0.2, 0.25) is 0 Å². The molecular weight excluding hydrogens is 184 g/mol. The number of hydrogen-bond acceptors (Lipinski definition) is 2. The van der Waals surface area contributed by atoms with Crippen LogP contribution < -0.4 is 4.90 Å². The Kier molecular flexibility index (Phi) is 2.64. The van der Waals surface area contributed by atoms with E-state index in [-0.39, 0.29) is 0 Å². The molecule has 0 saturated heterocycles. The zero-order chi connectivity index (χ0) is 10.8. The molecule has 0 aliphatic heterocycles. The minimum Gasteiger partial charge on any atom is -0.373 e. The van der Waals surface area contributed by atoms with Crippen molar-refractivity contribution in [3.05, 3.63) is 29.3 Å². The van der Waals surface area contributed by atoms with Crippen LogP contribution >= 0.6 is 0 Å².